The molecular formula is C10H14F4N2O3. The molecular weight excluding hydrogens is 272 g/mol. The molecule has 0 saturated carbocycles. The number of aliphatic carboxylic acids is 1. The van der Waals surface area contributed by atoms with Crippen molar-refractivity contribution in [1.29, 1.82) is 0 Å². The van der Waals surface area contributed by atoms with Crippen LogP contribution in [0.4, 0.5) is 22.4 Å². The highest BCUT2D eigenvalue weighted by molar-refractivity contribution is 5.78. The molecule has 0 aromatic rings. The van der Waals surface area contributed by atoms with Gasteiger partial charge in [-0.3, -0.25) is 4.79 Å². The number of nitrogens with one attached hydrogen (secondary N) is 1. The molecule has 0 aromatic carbocycles. The van der Waals surface area contributed by atoms with Crippen LogP contribution < -0.4 is 5.32 Å². The summed E-state index contributed by atoms with van der Waals surface area (Å²) in [5, 5.41) is 10.5. The number of halogens is 4. The van der Waals surface area contributed by atoms with Gasteiger partial charge in [-0.1, -0.05) is 0 Å². The van der Waals surface area contributed by atoms with Gasteiger partial charge in [-0.25, -0.2) is 13.6 Å². The molecule has 1 heterocycles. The molecule has 110 valence electrons. The van der Waals surface area contributed by atoms with E-state index in [1.807, 2.05) is 0 Å². The van der Waals surface area contributed by atoms with E-state index >= 15 is 0 Å². The number of nitrogens with zero attached hydrogens (tertiary/aromatic N) is 1. The number of likely N-dealkylation sites (tertiary alicyclic amines) is 1. The van der Waals surface area contributed by atoms with E-state index in [9.17, 15) is 27.2 Å². The third-order valence-electron chi connectivity index (χ3n) is 3.13. The van der Waals surface area contributed by atoms with Gasteiger partial charge < -0.3 is 15.3 Å². The molecule has 2 unspecified atom stereocenters. The van der Waals surface area contributed by atoms with Crippen LogP contribution in [0.2, 0.25) is 0 Å². The van der Waals surface area contributed by atoms with Crippen molar-refractivity contribution in [3.05, 3.63) is 0 Å². The summed E-state index contributed by atoms with van der Waals surface area (Å²) in [5.41, 5.74) is 0. The van der Waals surface area contributed by atoms with Crippen LogP contribution >= 0.6 is 0 Å². The molecule has 1 aliphatic heterocycles. The summed E-state index contributed by atoms with van der Waals surface area (Å²) in [7, 11) is 0. The summed E-state index contributed by atoms with van der Waals surface area (Å²) in [6.07, 6.45) is -3.66. The van der Waals surface area contributed by atoms with Gasteiger partial charge in [0, 0.05) is 12.6 Å². The Kier molecular flexibility index (Phi) is 4.59. The second-order valence-electron chi connectivity index (χ2n) is 4.39. The number of hydrogen-bond donors (Lipinski definition) is 2. The Morgan fingerprint density at radius 1 is 1.47 bits per heavy atom. The second-order valence-corrected chi connectivity index (χ2v) is 4.39. The molecule has 1 saturated heterocycles. The van der Waals surface area contributed by atoms with Gasteiger partial charge in [0.25, 0.3) is 0 Å². The van der Waals surface area contributed by atoms with Gasteiger partial charge in [0.1, 0.15) is 0 Å². The lowest BCUT2D eigenvalue weighted by Crippen LogP contribution is -2.48. The summed E-state index contributed by atoms with van der Waals surface area (Å²) in [4.78, 5) is 23.4. The molecule has 1 rings (SSSR count). The van der Waals surface area contributed by atoms with Crippen molar-refractivity contribution < 1.29 is 32.3 Å². The van der Waals surface area contributed by atoms with Crippen LogP contribution in [-0.2, 0) is 4.79 Å². The first kappa shape index (κ1) is 15.5. The first-order chi connectivity index (χ1) is 8.66. The predicted octanol–water partition coefficient (Wildman–Crippen LogP) is 1.39. The zero-order valence-electron chi connectivity index (χ0n) is 10.1. The maximum absolute atomic E-state index is 12.6. The van der Waals surface area contributed by atoms with E-state index in [0.29, 0.717) is 0 Å². The number of amides is 2. The van der Waals surface area contributed by atoms with Crippen LogP contribution in [0.15, 0.2) is 0 Å². The van der Waals surface area contributed by atoms with Crippen molar-refractivity contribution in [3.63, 3.8) is 0 Å². The fraction of sp³-hybridized carbons (Fsp3) is 0.800. The third-order valence-corrected chi connectivity index (χ3v) is 3.13. The molecule has 0 spiro atoms. The number of carbonyl (C=O) groups excluding carboxylic acids is 1. The molecule has 0 bridgehead atoms. The van der Waals surface area contributed by atoms with Crippen molar-refractivity contribution in [2.75, 3.05) is 13.1 Å². The van der Waals surface area contributed by atoms with Gasteiger partial charge >= 0.3 is 24.3 Å². The number of alkyl halides is 4. The largest absolute Gasteiger partial charge is 0.481 e. The summed E-state index contributed by atoms with van der Waals surface area (Å²) in [6.45, 7) is 0.0747. The van der Waals surface area contributed by atoms with Crippen LogP contribution in [0.25, 0.3) is 0 Å². The van der Waals surface area contributed by atoms with E-state index in [4.69, 9.17) is 5.11 Å². The minimum Gasteiger partial charge on any atom is -0.481 e. The SMILES string of the molecule is CC1C(C(=O)O)CCN1C(=O)NCC(F)(F)C(F)F. The lowest BCUT2D eigenvalue weighted by Gasteiger charge is -2.25. The van der Waals surface area contributed by atoms with E-state index in [1.54, 1.807) is 5.32 Å². The van der Waals surface area contributed by atoms with Crippen LogP contribution in [0.5, 0.6) is 0 Å². The highest BCUT2D eigenvalue weighted by Gasteiger charge is 2.43. The number of rotatable bonds is 4. The average Bonchev–Trinajstić information content (AvgIpc) is 2.68. The lowest BCUT2D eigenvalue weighted by molar-refractivity contribution is -0.142. The standard InChI is InChI=1S/C10H14F4N2O3/c1-5-6(7(17)18)2-3-16(5)9(19)15-4-10(13,14)8(11)12/h5-6,8H,2-4H2,1H3,(H,15,19)(H,17,18). The maximum Gasteiger partial charge on any atom is 0.324 e. The van der Waals surface area contributed by atoms with E-state index in [0.717, 1.165) is 4.90 Å². The van der Waals surface area contributed by atoms with Crippen LogP contribution in [0.1, 0.15) is 13.3 Å². The van der Waals surface area contributed by atoms with Gasteiger partial charge in [0.2, 0.25) is 0 Å². The van der Waals surface area contributed by atoms with Crippen molar-refractivity contribution in [2.45, 2.75) is 31.7 Å². The Balaban J connectivity index is 2.54. The summed E-state index contributed by atoms with van der Waals surface area (Å²) >= 11 is 0. The highest BCUT2D eigenvalue weighted by Crippen LogP contribution is 2.25. The molecule has 0 aliphatic carbocycles. The maximum atomic E-state index is 12.6. The number of carboxylic acid groups (broad SMARTS) is 1. The Labute approximate surface area is 106 Å². The Hall–Kier alpha value is -1.54. The first-order valence-electron chi connectivity index (χ1n) is 5.60. The number of carboxylic acids is 1. The Morgan fingerprint density at radius 3 is 2.47 bits per heavy atom. The molecule has 2 amide bonds. The number of carbonyl (C=O) groups is 2. The minimum absolute atomic E-state index is 0.0875. The van der Waals surface area contributed by atoms with Gasteiger partial charge in [-0.2, -0.15) is 8.78 Å². The summed E-state index contributed by atoms with van der Waals surface area (Å²) in [6, 6.07) is -1.63. The first-order valence-corrected chi connectivity index (χ1v) is 5.60. The zero-order valence-corrected chi connectivity index (χ0v) is 10.1. The second kappa shape index (κ2) is 5.62. The van der Waals surface area contributed by atoms with Crippen LogP contribution in [0.3, 0.4) is 0 Å². The van der Waals surface area contributed by atoms with Crippen molar-refractivity contribution >= 4 is 12.0 Å². The van der Waals surface area contributed by atoms with Gasteiger partial charge in [0.15, 0.2) is 0 Å². The lowest BCUT2D eigenvalue weighted by atomic mass is 10.0. The monoisotopic (exact) mass is 286 g/mol. The van der Waals surface area contributed by atoms with Crippen molar-refractivity contribution in [2.24, 2.45) is 5.92 Å². The number of hydrogen-bond acceptors (Lipinski definition) is 2. The fourth-order valence-electron chi connectivity index (χ4n) is 1.93. The van der Waals surface area contributed by atoms with Crippen LogP contribution in [-0.4, -0.2) is 53.5 Å². The molecule has 1 aliphatic rings. The average molecular weight is 286 g/mol. The molecule has 1 fully saturated rings. The molecule has 2 N–H and O–H groups in total. The summed E-state index contributed by atoms with van der Waals surface area (Å²) in [5.74, 6) is -6.16. The molecule has 2 atom stereocenters. The smallest absolute Gasteiger partial charge is 0.324 e. The minimum atomic E-state index is -4.30. The van der Waals surface area contributed by atoms with Gasteiger partial charge in [-0.05, 0) is 13.3 Å². The van der Waals surface area contributed by atoms with E-state index in [1.165, 1.54) is 6.92 Å². The highest BCUT2D eigenvalue weighted by atomic mass is 19.3. The normalized spacial score (nSPS) is 23.8. The zero-order chi connectivity index (χ0) is 14.8. The molecule has 5 nitrogen and oxygen atoms in total. The fourth-order valence-corrected chi connectivity index (χ4v) is 1.93. The van der Waals surface area contributed by atoms with Crippen LogP contribution in [0, 0.1) is 5.92 Å². The Morgan fingerprint density at radius 2 is 2.05 bits per heavy atom. The summed E-state index contributed by atoms with van der Waals surface area (Å²) < 4.78 is 49.0. The van der Waals surface area contributed by atoms with E-state index in [-0.39, 0.29) is 13.0 Å². The molecule has 0 aromatic heterocycles. The van der Waals surface area contributed by atoms with Crippen molar-refractivity contribution in [3.8, 4) is 0 Å². The van der Waals surface area contributed by atoms with E-state index < -0.39 is 42.9 Å². The van der Waals surface area contributed by atoms with Gasteiger partial charge in [-0.15, -0.1) is 0 Å². The quantitative estimate of drug-likeness (QED) is 0.767. The molecule has 0 radical (unpaired) electrons. The molecule has 9 heteroatoms. The molecule has 19 heavy (non-hydrogen) atoms. The van der Waals surface area contributed by atoms with E-state index in [2.05, 4.69) is 0 Å². The third kappa shape index (κ3) is 3.48. The topological polar surface area (TPSA) is 69.6 Å². The predicted molar refractivity (Wildman–Crippen MR) is 56.3 cm³/mol. The Bertz CT molecular complexity index is 365. The number of urea groups is 1. The van der Waals surface area contributed by atoms with Crippen molar-refractivity contribution in [1.82, 2.24) is 10.2 Å². The van der Waals surface area contributed by atoms with Gasteiger partial charge in [0.05, 0.1) is 12.5 Å².